The third kappa shape index (κ3) is 45.8. The third-order valence-corrected chi connectivity index (χ3v) is 10.2. The van der Waals surface area contributed by atoms with Crippen molar-refractivity contribution in [3.8, 4) is 0 Å². The van der Waals surface area contributed by atoms with Gasteiger partial charge in [-0.3, -0.25) is 9.59 Å². The Morgan fingerprint density at radius 1 is 0.414 bits per heavy atom. The summed E-state index contributed by atoms with van der Waals surface area (Å²) in [6.07, 6.45) is 66.6. The average Bonchev–Trinajstić information content (AvgIpc) is 3.23. The van der Waals surface area contributed by atoms with E-state index < -0.39 is 6.10 Å². The van der Waals surface area contributed by atoms with Gasteiger partial charge in [0.1, 0.15) is 6.61 Å². The Labute approximate surface area is 358 Å². The molecule has 0 spiro atoms. The number of hydrogen-bond acceptors (Lipinski definition) is 5. The smallest absolute Gasteiger partial charge is 0.306 e. The maximum Gasteiger partial charge on any atom is 0.306 e. The van der Waals surface area contributed by atoms with Gasteiger partial charge in [0, 0.05) is 12.8 Å². The van der Waals surface area contributed by atoms with Crippen LogP contribution in [0.5, 0.6) is 0 Å². The van der Waals surface area contributed by atoms with Crippen molar-refractivity contribution in [2.24, 2.45) is 0 Å². The largest absolute Gasteiger partial charge is 0.462 e. The fourth-order valence-electron chi connectivity index (χ4n) is 6.55. The van der Waals surface area contributed by atoms with Crippen LogP contribution in [0.25, 0.3) is 0 Å². The van der Waals surface area contributed by atoms with Gasteiger partial charge in [0.25, 0.3) is 0 Å². The Bertz CT molecular complexity index is 1090. The van der Waals surface area contributed by atoms with E-state index in [-0.39, 0.29) is 25.2 Å². The Balaban J connectivity index is 3.55. The molecule has 0 aromatic carbocycles. The van der Waals surface area contributed by atoms with Crippen molar-refractivity contribution in [1.29, 1.82) is 0 Å². The summed E-state index contributed by atoms with van der Waals surface area (Å²) in [5, 5.41) is 9.61. The first-order chi connectivity index (χ1) is 28.6. The van der Waals surface area contributed by atoms with Gasteiger partial charge < -0.3 is 14.6 Å². The predicted octanol–water partition coefficient (Wildman–Crippen LogP) is 15.9. The van der Waals surface area contributed by atoms with Crippen molar-refractivity contribution in [1.82, 2.24) is 0 Å². The van der Waals surface area contributed by atoms with Gasteiger partial charge in [-0.1, -0.05) is 202 Å². The van der Waals surface area contributed by atoms with Crippen LogP contribution in [0.2, 0.25) is 0 Å². The SMILES string of the molecule is CC/C=C\C/C=C\C/C=C\C/C=C\C/C=C\CCCCCCCCCCCCCC(=O)OC(CO)COC(=O)CCCCCCCCC/C=C\C/C=C\CCCCC. The fourth-order valence-corrected chi connectivity index (χ4v) is 6.55. The van der Waals surface area contributed by atoms with E-state index in [1.165, 1.54) is 109 Å². The number of hydrogen-bond donors (Lipinski definition) is 1. The monoisotopic (exact) mass is 807 g/mol. The van der Waals surface area contributed by atoms with Crippen molar-refractivity contribution in [2.75, 3.05) is 13.2 Å². The van der Waals surface area contributed by atoms with Crippen LogP contribution < -0.4 is 0 Å². The predicted molar refractivity (Wildman–Crippen MR) is 251 cm³/mol. The molecule has 0 saturated heterocycles. The maximum atomic E-state index is 12.3. The molecule has 0 aromatic heterocycles. The highest BCUT2D eigenvalue weighted by molar-refractivity contribution is 5.70. The molecular weight excluding hydrogens is 717 g/mol. The minimum Gasteiger partial charge on any atom is -0.462 e. The number of aliphatic hydroxyl groups is 1. The molecule has 0 aliphatic rings. The Morgan fingerprint density at radius 2 is 0.741 bits per heavy atom. The highest BCUT2D eigenvalue weighted by Gasteiger charge is 2.16. The van der Waals surface area contributed by atoms with E-state index in [1.807, 2.05) is 0 Å². The van der Waals surface area contributed by atoms with Crippen molar-refractivity contribution < 1.29 is 24.2 Å². The van der Waals surface area contributed by atoms with Crippen molar-refractivity contribution >= 4 is 11.9 Å². The molecule has 0 aliphatic heterocycles. The van der Waals surface area contributed by atoms with E-state index in [0.717, 1.165) is 83.5 Å². The van der Waals surface area contributed by atoms with Crippen LogP contribution >= 0.6 is 0 Å². The van der Waals surface area contributed by atoms with Gasteiger partial charge >= 0.3 is 11.9 Å². The zero-order valence-corrected chi connectivity index (χ0v) is 37.8. The normalized spacial score (nSPS) is 12.9. The summed E-state index contributed by atoms with van der Waals surface area (Å²) in [6, 6.07) is 0. The first kappa shape index (κ1) is 55.1. The third-order valence-electron chi connectivity index (χ3n) is 10.2. The highest BCUT2D eigenvalue weighted by Crippen LogP contribution is 2.14. The summed E-state index contributed by atoms with van der Waals surface area (Å²) in [5.74, 6) is -0.605. The number of esters is 2. The molecule has 5 heteroatoms. The molecular formula is C53H90O5. The van der Waals surface area contributed by atoms with Gasteiger partial charge in [0.05, 0.1) is 6.61 Å². The molecule has 0 aromatic rings. The van der Waals surface area contributed by atoms with E-state index in [0.29, 0.717) is 12.8 Å². The van der Waals surface area contributed by atoms with Crippen LogP contribution in [-0.2, 0) is 19.1 Å². The van der Waals surface area contributed by atoms with Crippen LogP contribution in [-0.4, -0.2) is 36.4 Å². The number of carbonyl (C=O) groups is 2. The highest BCUT2D eigenvalue weighted by atomic mass is 16.6. The first-order valence-corrected chi connectivity index (χ1v) is 24.1. The van der Waals surface area contributed by atoms with E-state index in [9.17, 15) is 14.7 Å². The standard InChI is InChI=1S/C53H90O5/c1-3-5-7-9-11-13-15-17-19-21-22-23-24-25-26-27-28-29-30-32-34-36-38-40-42-44-46-48-53(56)58-51(49-54)50-57-52(55)47-45-43-41-39-37-35-33-31-20-18-16-14-12-10-8-6-4-2/h5,7,11-14,17-20,22-23,25-26,51,54H,3-4,6,8-10,15-16,21,24,27-50H2,1-2H3/b7-5-,13-11-,14-12-,19-17-,20-18-,23-22-,26-25-. The molecule has 0 rings (SSSR count). The van der Waals surface area contributed by atoms with E-state index in [4.69, 9.17) is 9.47 Å². The van der Waals surface area contributed by atoms with Gasteiger partial charge in [-0.2, -0.15) is 0 Å². The lowest BCUT2D eigenvalue weighted by atomic mass is 10.0. The molecule has 0 amide bonds. The molecule has 0 heterocycles. The number of allylic oxidation sites excluding steroid dienone is 14. The number of ether oxygens (including phenoxy) is 2. The van der Waals surface area contributed by atoms with Crippen LogP contribution in [0.15, 0.2) is 85.1 Å². The molecule has 0 aliphatic carbocycles. The molecule has 58 heavy (non-hydrogen) atoms. The molecule has 5 nitrogen and oxygen atoms in total. The van der Waals surface area contributed by atoms with Gasteiger partial charge in [0.15, 0.2) is 6.10 Å². The molecule has 1 unspecified atom stereocenters. The number of unbranched alkanes of at least 4 members (excludes halogenated alkanes) is 21. The lowest BCUT2D eigenvalue weighted by molar-refractivity contribution is -0.161. The molecule has 0 fully saturated rings. The second-order valence-corrected chi connectivity index (χ2v) is 15.8. The Hall–Kier alpha value is -2.92. The van der Waals surface area contributed by atoms with E-state index in [2.05, 4.69) is 98.9 Å². The summed E-state index contributed by atoms with van der Waals surface area (Å²) in [7, 11) is 0. The zero-order valence-electron chi connectivity index (χ0n) is 37.8. The maximum absolute atomic E-state index is 12.3. The molecule has 0 radical (unpaired) electrons. The summed E-state index contributed by atoms with van der Waals surface area (Å²) < 4.78 is 10.7. The summed E-state index contributed by atoms with van der Waals surface area (Å²) in [6.45, 7) is 3.99. The zero-order chi connectivity index (χ0) is 42.1. The lowest BCUT2D eigenvalue weighted by Gasteiger charge is -2.15. The minimum absolute atomic E-state index is 0.0743. The fraction of sp³-hybridized carbons (Fsp3) is 0.698. The van der Waals surface area contributed by atoms with Crippen LogP contribution in [0.1, 0.15) is 219 Å². The topological polar surface area (TPSA) is 72.8 Å². The molecule has 0 saturated carbocycles. The summed E-state index contributed by atoms with van der Waals surface area (Å²) >= 11 is 0. The second-order valence-electron chi connectivity index (χ2n) is 15.8. The van der Waals surface area contributed by atoms with E-state index in [1.54, 1.807) is 0 Å². The van der Waals surface area contributed by atoms with Gasteiger partial charge in [-0.05, 0) is 89.9 Å². The average molecular weight is 807 g/mol. The van der Waals surface area contributed by atoms with Crippen LogP contribution in [0.4, 0.5) is 0 Å². The van der Waals surface area contributed by atoms with Crippen LogP contribution in [0, 0.1) is 0 Å². The lowest BCUT2D eigenvalue weighted by Crippen LogP contribution is -2.28. The number of carbonyl (C=O) groups excluding carboxylic acids is 2. The second kappa shape index (κ2) is 48.4. The van der Waals surface area contributed by atoms with Crippen molar-refractivity contribution in [2.45, 2.75) is 225 Å². The first-order valence-electron chi connectivity index (χ1n) is 24.1. The Morgan fingerprint density at radius 3 is 1.12 bits per heavy atom. The summed E-state index contributed by atoms with van der Waals surface area (Å²) in [5.41, 5.74) is 0. The van der Waals surface area contributed by atoms with Gasteiger partial charge in [-0.25, -0.2) is 0 Å². The molecule has 0 bridgehead atoms. The van der Waals surface area contributed by atoms with Crippen LogP contribution in [0.3, 0.4) is 0 Å². The van der Waals surface area contributed by atoms with Crippen molar-refractivity contribution in [3.63, 3.8) is 0 Å². The number of aliphatic hydroxyl groups excluding tert-OH is 1. The van der Waals surface area contributed by atoms with Crippen molar-refractivity contribution in [3.05, 3.63) is 85.1 Å². The summed E-state index contributed by atoms with van der Waals surface area (Å²) in [4.78, 5) is 24.4. The quantitative estimate of drug-likeness (QED) is 0.0377. The Kier molecular flexibility index (Phi) is 46.0. The minimum atomic E-state index is -0.781. The van der Waals surface area contributed by atoms with E-state index >= 15 is 0 Å². The van der Waals surface area contributed by atoms with Gasteiger partial charge in [0.2, 0.25) is 0 Å². The van der Waals surface area contributed by atoms with Gasteiger partial charge in [-0.15, -0.1) is 0 Å². The molecule has 1 atom stereocenters. The molecule has 1 N–H and O–H groups in total. The molecule has 332 valence electrons. The number of rotatable bonds is 43.